The van der Waals surface area contributed by atoms with Gasteiger partial charge in [0.25, 0.3) is 5.91 Å². The Kier molecular flexibility index (Phi) is 5.98. The van der Waals surface area contributed by atoms with Gasteiger partial charge in [-0.25, -0.2) is 0 Å². The summed E-state index contributed by atoms with van der Waals surface area (Å²) in [7, 11) is 4.83. The lowest BCUT2D eigenvalue weighted by Gasteiger charge is -2.21. The van der Waals surface area contributed by atoms with E-state index in [1.807, 2.05) is 48.5 Å². The first-order chi connectivity index (χ1) is 15.1. The molecule has 0 N–H and O–H groups in total. The normalized spacial score (nSPS) is 12.9. The second-order valence-electron chi connectivity index (χ2n) is 7.17. The Bertz CT molecular complexity index is 1100. The van der Waals surface area contributed by atoms with E-state index in [1.165, 1.54) is 0 Å². The molecule has 1 heterocycles. The number of methoxy groups -OCH3 is 3. The molecule has 0 saturated carbocycles. The smallest absolute Gasteiger partial charge is 0.258 e. The fourth-order valence-electron chi connectivity index (χ4n) is 3.77. The molecule has 0 atom stereocenters. The van der Waals surface area contributed by atoms with Gasteiger partial charge >= 0.3 is 0 Å². The summed E-state index contributed by atoms with van der Waals surface area (Å²) < 4.78 is 22.4. The molecule has 3 aromatic rings. The molecule has 6 heteroatoms. The van der Waals surface area contributed by atoms with Crippen LogP contribution in [0, 0.1) is 0 Å². The third kappa shape index (κ3) is 4.14. The quantitative estimate of drug-likeness (QED) is 0.613. The first-order valence-corrected chi connectivity index (χ1v) is 10.0. The Morgan fingerprint density at radius 2 is 1.68 bits per heavy atom. The van der Waals surface area contributed by atoms with Gasteiger partial charge in [0, 0.05) is 12.1 Å². The number of hydrogen-bond acceptors (Lipinski definition) is 5. The van der Waals surface area contributed by atoms with Gasteiger partial charge in [0.05, 0.1) is 33.4 Å². The van der Waals surface area contributed by atoms with E-state index >= 15 is 0 Å². The predicted octanol–water partition coefficient (Wildman–Crippen LogP) is 4.41. The number of rotatable bonds is 5. The predicted molar refractivity (Wildman–Crippen MR) is 118 cm³/mol. The molecule has 160 valence electrons. The van der Waals surface area contributed by atoms with Crippen molar-refractivity contribution < 1.29 is 23.7 Å². The Hall–Kier alpha value is -3.67. The van der Waals surface area contributed by atoms with Crippen LogP contribution in [-0.4, -0.2) is 45.3 Å². The molecule has 0 unspecified atom stereocenters. The summed E-state index contributed by atoms with van der Waals surface area (Å²) in [6.07, 6.45) is 0. The summed E-state index contributed by atoms with van der Waals surface area (Å²) in [5.41, 5.74) is 3.37. The highest BCUT2D eigenvalue weighted by Crippen LogP contribution is 2.39. The maximum atomic E-state index is 13.3. The van der Waals surface area contributed by atoms with Crippen molar-refractivity contribution in [2.75, 3.05) is 34.5 Å². The van der Waals surface area contributed by atoms with Crippen molar-refractivity contribution in [3.05, 3.63) is 71.8 Å². The van der Waals surface area contributed by atoms with Crippen LogP contribution in [0.4, 0.5) is 0 Å². The van der Waals surface area contributed by atoms with Crippen molar-refractivity contribution in [3.8, 4) is 34.1 Å². The number of carbonyl (C=O) groups excluding carboxylic acids is 1. The Labute approximate surface area is 181 Å². The van der Waals surface area contributed by atoms with Crippen LogP contribution in [0.5, 0.6) is 23.0 Å². The van der Waals surface area contributed by atoms with Crippen molar-refractivity contribution in [1.82, 2.24) is 4.90 Å². The number of amides is 1. The topological polar surface area (TPSA) is 57.2 Å². The summed E-state index contributed by atoms with van der Waals surface area (Å²) in [5.74, 6) is 2.54. The van der Waals surface area contributed by atoms with Crippen LogP contribution in [0.1, 0.15) is 15.9 Å². The Morgan fingerprint density at radius 3 is 2.45 bits per heavy atom. The average molecular weight is 419 g/mol. The van der Waals surface area contributed by atoms with Gasteiger partial charge in [-0.2, -0.15) is 0 Å². The lowest BCUT2D eigenvalue weighted by Crippen LogP contribution is -2.32. The monoisotopic (exact) mass is 419 g/mol. The molecule has 0 saturated heterocycles. The van der Waals surface area contributed by atoms with Gasteiger partial charge in [-0.05, 0) is 47.5 Å². The highest BCUT2D eigenvalue weighted by molar-refractivity contribution is 5.97. The van der Waals surface area contributed by atoms with Crippen molar-refractivity contribution >= 4 is 5.91 Å². The molecule has 1 amide bonds. The van der Waals surface area contributed by atoms with E-state index in [2.05, 4.69) is 0 Å². The third-order valence-corrected chi connectivity index (χ3v) is 5.35. The van der Waals surface area contributed by atoms with Gasteiger partial charge in [-0.1, -0.05) is 24.3 Å². The number of para-hydroxylation sites is 1. The minimum atomic E-state index is -0.0975. The van der Waals surface area contributed by atoms with Crippen molar-refractivity contribution in [2.24, 2.45) is 0 Å². The van der Waals surface area contributed by atoms with E-state index in [0.29, 0.717) is 42.5 Å². The summed E-state index contributed by atoms with van der Waals surface area (Å²) in [5, 5.41) is 0. The number of hydrogen-bond donors (Lipinski definition) is 0. The van der Waals surface area contributed by atoms with Crippen molar-refractivity contribution in [1.29, 1.82) is 0 Å². The van der Waals surface area contributed by atoms with Gasteiger partial charge in [-0.15, -0.1) is 0 Å². The standard InChI is InChI=1S/C25H25NO5/c1-28-20-8-6-7-17(14-20)18-13-19-16-26(11-12-31-24(19)23(15-18)30-3)25(27)21-9-4-5-10-22(21)29-2/h4-10,13-15H,11-12,16H2,1-3H3. The zero-order valence-electron chi connectivity index (χ0n) is 17.9. The molecule has 0 aliphatic carbocycles. The minimum absolute atomic E-state index is 0.0975. The molecule has 0 aromatic heterocycles. The average Bonchev–Trinajstić information content (AvgIpc) is 3.05. The molecule has 0 fully saturated rings. The molecular formula is C25H25NO5. The maximum absolute atomic E-state index is 13.3. The van der Waals surface area contributed by atoms with Gasteiger partial charge in [-0.3, -0.25) is 4.79 Å². The largest absolute Gasteiger partial charge is 0.497 e. The molecule has 4 rings (SSSR count). The molecule has 0 bridgehead atoms. The van der Waals surface area contributed by atoms with E-state index in [4.69, 9.17) is 18.9 Å². The Morgan fingerprint density at radius 1 is 0.871 bits per heavy atom. The van der Waals surface area contributed by atoms with Crippen LogP contribution in [-0.2, 0) is 6.54 Å². The van der Waals surface area contributed by atoms with Crippen LogP contribution in [0.3, 0.4) is 0 Å². The zero-order chi connectivity index (χ0) is 21.8. The summed E-state index contributed by atoms with van der Waals surface area (Å²) in [4.78, 5) is 15.1. The van der Waals surface area contributed by atoms with Crippen LogP contribution >= 0.6 is 0 Å². The maximum Gasteiger partial charge on any atom is 0.258 e. The third-order valence-electron chi connectivity index (χ3n) is 5.35. The molecular weight excluding hydrogens is 394 g/mol. The fraction of sp³-hybridized carbons (Fsp3) is 0.240. The van der Waals surface area contributed by atoms with Crippen LogP contribution in [0.25, 0.3) is 11.1 Å². The highest BCUT2D eigenvalue weighted by Gasteiger charge is 2.25. The SMILES string of the molecule is COc1cccc(-c2cc3c(c(OC)c2)OCCN(C(=O)c2ccccc2OC)C3)c1. The van der Waals surface area contributed by atoms with Gasteiger partial charge in [0.1, 0.15) is 18.1 Å². The molecule has 1 aliphatic rings. The van der Waals surface area contributed by atoms with E-state index in [1.54, 1.807) is 38.4 Å². The first-order valence-electron chi connectivity index (χ1n) is 10.0. The van der Waals surface area contributed by atoms with Gasteiger partial charge in [0.2, 0.25) is 0 Å². The molecule has 0 radical (unpaired) electrons. The Balaban J connectivity index is 1.72. The number of benzene rings is 3. The lowest BCUT2D eigenvalue weighted by molar-refractivity contribution is 0.0729. The van der Waals surface area contributed by atoms with Crippen molar-refractivity contribution in [3.63, 3.8) is 0 Å². The molecule has 0 spiro atoms. The van der Waals surface area contributed by atoms with Crippen LogP contribution in [0.2, 0.25) is 0 Å². The molecule has 6 nitrogen and oxygen atoms in total. The number of ether oxygens (including phenoxy) is 4. The highest BCUT2D eigenvalue weighted by atomic mass is 16.5. The van der Waals surface area contributed by atoms with Crippen LogP contribution < -0.4 is 18.9 Å². The van der Waals surface area contributed by atoms with Crippen LogP contribution in [0.15, 0.2) is 60.7 Å². The minimum Gasteiger partial charge on any atom is -0.497 e. The summed E-state index contributed by atoms with van der Waals surface area (Å²) in [6.45, 7) is 1.24. The lowest BCUT2D eigenvalue weighted by atomic mass is 10.0. The number of carbonyl (C=O) groups is 1. The van der Waals surface area contributed by atoms with E-state index in [9.17, 15) is 4.79 Å². The number of nitrogens with zero attached hydrogens (tertiary/aromatic N) is 1. The van der Waals surface area contributed by atoms with Crippen molar-refractivity contribution in [2.45, 2.75) is 6.54 Å². The molecule has 3 aromatic carbocycles. The van der Waals surface area contributed by atoms with E-state index in [-0.39, 0.29) is 5.91 Å². The second-order valence-corrected chi connectivity index (χ2v) is 7.17. The van der Waals surface area contributed by atoms with E-state index in [0.717, 1.165) is 22.4 Å². The zero-order valence-corrected chi connectivity index (χ0v) is 17.9. The molecule has 1 aliphatic heterocycles. The molecule has 31 heavy (non-hydrogen) atoms. The van der Waals surface area contributed by atoms with E-state index < -0.39 is 0 Å². The first kappa shape index (κ1) is 20.6. The number of fused-ring (bicyclic) bond motifs is 1. The fourth-order valence-corrected chi connectivity index (χ4v) is 3.77. The van der Waals surface area contributed by atoms with Gasteiger partial charge in [0.15, 0.2) is 11.5 Å². The summed E-state index contributed by atoms with van der Waals surface area (Å²) in [6, 6.07) is 19.1. The summed E-state index contributed by atoms with van der Waals surface area (Å²) >= 11 is 0. The second kappa shape index (κ2) is 9.00. The van der Waals surface area contributed by atoms with Gasteiger partial charge < -0.3 is 23.8 Å².